The first kappa shape index (κ1) is 18.5. The summed E-state index contributed by atoms with van der Waals surface area (Å²) >= 11 is 0.803. The molecule has 0 amide bonds. The average Bonchev–Trinajstić information content (AvgIpc) is 2.60. The van der Waals surface area contributed by atoms with Gasteiger partial charge in [-0.3, -0.25) is 0 Å². The first-order valence-corrected chi connectivity index (χ1v) is 8.04. The smallest absolute Gasteiger partial charge is 0.338 e. The van der Waals surface area contributed by atoms with Crippen LogP contribution in [0.5, 0.6) is 0 Å². The lowest BCUT2D eigenvalue weighted by atomic mass is 10.0. The standard InChI is InChI=1S/C14H17N3O6S/c15-17-16-5-7-3-1-2-4-8(7)13(21)23-12-10(19)9(6-18)24-14(22)11(12)20/h1-4,9-12,14,18-20,22H,5-6H2/t9-,10-,11-,12+,14+/m1/s1. The molecular weight excluding hydrogens is 338 g/mol. The van der Waals surface area contributed by atoms with Gasteiger partial charge >= 0.3 is 5.97 Å². The number of carbonyl (C=O) groups is 1. The van der Waals surface area contributed by atoms with E-state index in [0.717, 1.165) is 11.8 Å². The number of azide groups is 1. The van der Waals surface area contributed by atoms with E-state index in [9.17, 15) is 25.2 Å². The molecule has 1 aromatic carbocycles. The van der Waals surface area contributed by atoms with Crippen molar-refractivity contribution in [2.24, 2.45) is 5.11 Å². The molecule has 1 aromatic rings. The molecular formula is C14H17N3O6S. The van der Waals surface area contributed by atoms with Gasteiger partial charge in [0.15, 0.2) is 6.10 Å². The second kappa shape index (κ2) is 8.34. The van der Waals surface area contributed by atoms with Gasteiger partial charge in [-0.25, -0.2) is 4.79 Å². The predicted octanol–water partition coefficient (Wildman–Crippen LogP) is 0.170. The van der Waals surface area contributed by atoms with Gasteiger partial charge in [0.25, 0.3) is 0 Å². The number of aliphatic hydroxyl groups is 4. The number of carbonyl (C=O) groups excluding carboxylic acids is 1. The summed E-state index contributed by atoms with van der Waals surface area (Å²) in [7, 11) is 0. The summed E-state index contributed by atoms with van der Waals surface area (Å²) < 4.78 is 5.17. The van der Waals surface area contributed by atoms with Crippen LogP contribution < -0.4 is 0 Å². The Bertz CT molecular complexity index is 639. The fourth-order valence-corrected chi connectivity index (χ4v) is 3.43. The van der Waals surface area contributed by atoms with Crippen LogP contribution in [0.4, 0.5) is 0 Å². The zero-order valence-corrected chi connectivity index (χ0v) is 13.3. The van der Waals surface area contributed by atoms with E-state index in [1.165, 1.54) is 6.07 Å². The molecule has 9 nitrogen and oxygen atoms in total. The summed E-state index contributed by atoms with van der Waals surface area (Å²) in [6.07, 6.45) is -4.23. The summed E-state index contributed by atoms with van der Waals surface area (Å²) in [4.78, 5) is 15.0. The van der Waals surface area contributed by atoms with E-state index in [1.807, 2.05) is 0 Å². The highest BCUT2D eigenvalue weighted by Gasteiger charge is 2.45. The van der Waals surface area contributed by atoms with E-state index in [1.54, 1.807) is 18.2 Å². The Morgan fingerprint density at radius 2 is 2.00 bits per heavy atom. The van der Waals surface area contributed by atoms with Gasteiger partial charge in [-0.1, -0.05) is 23.3 Å². The van der Waals surface area contributed by atoms with Crippen LogP contribution in [-0.2, 0) is 11.3 Å². The highest BCUT2D eigenvalue weighted by Crippen LogP contribution is 2.33. The fourth-order valence-electron chi connectivity index (χ4n) is 2.36. The maximum absolute atomic E-state index is 12.4. The Hall–Kier alpha value is -1.81. The van der Waals surface area contributed by atoms with Gasteiger partial charge in [0.2, 0.25) is 0 Å². The quantitative estimate of drug-likeness (QED) is 0.254. The minimum absolute atomic E-state index is 0.0602. The van der Waals surface area contributed by atoms with Crippen LogP contribution >= 0.6 is 11.8 Å². The van der Waals surface area contributed by atoms with Gasteiger partial charge in [0, 0.05) is 4.91 Å². The van der Waals surface area contributed by atoms with Crippen molar-refractivity contribution in [1.29, 1.82) is 0 Å². The monoisotopic (exact) mass is 355 g/mol. The molecule has 0 aromatic heterocycles. The molecule has 0 bridgehead atoms. The normalized spacial score (nSPS) is 29.6. The third-order valence-electron chi connectivity index (χ3n) is 3.63. The van der Waals surface area contributed by atoms with E-state index >= 15 is 0 Å². The minimum atomic E-state index is -1.50. The van der Waals surface area contributed by atoms with Crippen LogP contribution in [0.3, 0.4) is 0 Å². The van der Waals surface area contributed by atoms with Crippen LogP contribution in [0.25, 0.3) is 10.4 Å². The molecule has 10 heteroatoms. The first-order valence-electron chi connectivity index (χ1n) is 7.09. The Kier molecular flexibility index (Phi) is 6.44. The van der Waals surface area contributed by atoms with Gasteiger partial charge in [-0.2, -0.15) is 0 Å². The van der Waals surface area contributed by atoms with Gasteiger partial charge in [0.1, 0.15) is 17.6 Å². The number of ether oxygens (including phenoxy) is 1. The van der Waals surface area contributed by atoms with Gasteiger partial charge in [-0.15, -0.1) is 11.8 Å². The van der Waals surface area contributed by atoms with Crippen molar-refractivity contribution in [3.05, 3.63) is 45.8 Å². The van der Waals surface area contributed by atoms with Crippen molar-refractivity contribution in [2.45, 2.75) is 35.5 Å². The van der Waals surface area contributed by atoms with Crippen molar-refractivity contribution in [1.82, 2.24) is 0 Å². The molecule has 0 saturated carbocycles. The average molecular weight is 355 g/mol. The van der Waals surface area contributed by atoms with Crippen LogP contribution in [0, 0.1) is 0 Å². The number of hydrogen-bond donors (Lipinski definition) is 4. The summed E-state index contributed by atoms with van der Waals surface area (Å²) in [5.41, 5.74) is 7.64. The Labute approximate surface area is 141 Å². The lowest BCUT2D eigenvalue weighted by Gasteiger charge is -2.39. The molecule has 1 saturated heterocycles. The lowest BCUT2D eigenvalue weighted by molar-refractivity contribution is -0.104. The molecule has 0 radical (unpaired) electrons. The highest BCUT2D eigenvalue weighted by molar-refractivity contribution is 8.00. The molecule has 5 atom stereocenters. The van der Waals surface area contributed by atoms with E-state index in [-0.39, 0.29) is 12.1 Å². The first-order chi connectivity index (χ1) is 11.5. The van der Waals surface area contributed by atoms with Crippen molar-refractivity contribution < 1.29 is 30.0 Å². The third kappa shape index (κ3) is 3.99. The topological polar surface area (TPSA) is 156 Å². The molecule has 0 spiro atoms. The lowest BCUT2D eigenvalue weighted by Crippen LogP contribution is -2.55. The number of aliphatic hydroxyl groups excluding tert-OH is 4. The van der Waals surface area contributed by atoms with Gasteiger partial charge in [0.05, 0.1) is 24.0 Å². The SMILES string of the molecule is [N-]=[N+]=NCc1ccccc1C(=O)O[C@@H]1[C@@H](O)[C@@H](O)S[C@H](CO)[C@H]1O. The van der Waals surface area contributed by atoms with Crippen molar-refractivity contribution in [3.63, 3.8) is 0 Å². The second-order valence-electron chi connectivity index (χ2n) is 5.14. The molecule has 24 heavy (non-hydrogen) atoms. The predicted molar refractivity (Wildman–Crippen MR) is 85.0 cm³/mol. The summed E-state index contributed by atoms with van der Waals surface area (Å²) in [5, 5.41) is 41.7. The molecule has 130 valence electrons. The van der Waals surface area contributed by atoms with Gasteiger partial charge in [-0.05, 0) is 17.2 Å². The van der Waals surface area contributed by atoms with E-state index in [0.29, 0.717) is 5.56 Å². The van der Waals surface area contributed by atoms with E-state index in [4.69, 9.17) is 10.3 Å². The number of hydrogen-bond acceptors (Lipinski definition) is 8. The van der Waals surface area contributed by atoms with Gasteiger partial charge < -0.3 is 25.2 Å². The number of esters is 1. The van der Waals surface area contributed by atoms with Crippen molar-refractivity contribution >= 4 is 17.7 Å². The molecule has 2 rings (SSSR count). The summed E-state index contributed by atoms with van der Waals surface area (Å²) in [5.74, 6) is -0.836. The molecule has 1 aliphatic heterocycles. The van der Waals surface area contributed by atoms with Crippen LogP contribution in [0.15, 0.2) is 29.4 Å². The van der Waals surface area contributed by atoms with Crippen LogP contribution in [-0.4, -0.2) is 62.0 Å². The van der Waals surface area contributed by atoms with Crippen LogP contribution in [0.1, 0.15) is 15.9 Å². The Balaban J connectivity index is 2.20. The number of thioether (sulfide) groups is 1. The van der Waals surface area contributed by atoms with Crippen molar-refractivity contribution in [2.75, 3.05) is 6.61 Å². The fraction of sp³-hybridized carbons (Fsp3) is 0.500. The number of benzene rings is 1. The summed E-state index contributed by atoms with van der Waals surface area (Å²) in [6.45, 7) is -0.508. The third-order valence-corrected chi connectivity index (χ3v) is 4.96. The molecule has 0 aliphatic carbocycles. The molecule has 0 unspecified atom stereocenters. The largest absolute Gasteiger partial charge is 0.453 e. The molecule has 1 fully saturated rings. The molecule has 1 aliphatic rings. The second-order valence-corrected chi connectivity index (χ2v) is 6.51. The number of rotatable bonds is 5. The molecule has 1 heterocycles. The van der Waals surface area contributed by atoms with Crippen LogP contribution in [0.2, 0.25) is 0 Å². The molecule has 4 N–H and O–H groups in total. The Morgan fingerprint density at radius 3 is 2.67 bits per heavy atom. The number of nitrogens with zero attached hydrogens (tertiary/aromatic N) is 3. The summed E-state index contributed by atoms with van der Waals surface area (Å²) in [6, 6.07) is 6.29. The van der Waals surface area contributed by atoms with E-state index < -0.39 is 41.6 Å². The zero-order valence-electron chi connectivity index (χ0n) is 12.5. The minimum Gasteiger partial charge on any atom is -0.453 e. The Morgan fingerprint density at radius 1 is 1.29 bits per heavy atom. The zero-order chi connectivity index (χ0) is 17.7. The highest BCUT2D eigenvalue weighted by atomic mass is 32.2. The van der Waals surface area contributed by atoms with E-state index in [2.05, 4.69) is 10.0 Å². The van der Waals surface area contributed by atoms with Crippen molar-refractivity contribution in [3.8, 4) is 0 Å². The maximum Gasteiger partial charge on any atom is 0.338 e. The maximum atomic E-state index is 12.4.